The lowest BCUT2D eigenvalue weighted by Crippen LogP contribution is -2.10. The van der Waals surface area contributed by atoms with Crippen molar-refractivity contribution in [3.8, 4) is 5.69 Å². The van der Waals surface area contributed by atoms with E-state index in [1.54, 1.807) is 17.7 Å². The van der Waals surface area contributed by atoms with Crippen molar-refractivity contribution >= 4 is 0 Å². The van der Waals surface area contributed by atoms with E-state index in [4.69, 9.17) is 5.73 Å². The van der Waals surface area contributed by atoms with Gasteiger partial charge in [0.2, 0.25) is 0 Å². The van der Waals surface area contributed by atoms with Crippen molar-refractivity contribution in [1.29, 1.82) is 0 Å². The highest BCUT2D eigenvalue weighted by Gasteiger charge is 2.10. The minimum atomic E-state index is -0.887. The van der Waals surface area contributed by atoms with Gasteiger partial charge in [-0.2, -0.15) is 0 Å². The molecule has 0 amide bonds. The van der Waals surface area contributed by atoms with Crippen molar-refractivity contribution in [2.45, 2.75) is 13.0 Å². The first kappa shape index (κ1) is 10.8. The average Bonchev–Trinajstić information content (AvgIpc) is 2.71. The van der Waals surface area contributed by atoms with Crippen LogP contribution in [0.4, 0.5) is 8.78 Å². The Labute approximate surface area is 91.5 Å². The summed E-state index contributed by atoms with van der Waals surface area (Å²) in [6.07, 6.45) is 3.12. The van der Waals surface area contributed by atoms with E-state index in [9.17, 15) is 8.78 Å². The first-order valence-electron chi connectivity index (χ1n) is 4.83. The van der Waals surface area contributed by atoms with Gasteiger partial charge in [-0.05, 0) is 19.1 Å². The van der Waals surface area contributed by atoms with Crippen LogP contribution in [0.1, 0.15) is 18.7 Å². The van der Waals surface area contributed by atoms with Gasteiger partial charge in [0.25, 0.3) is 0 Å². The topological polar surface area (TPSA) is 43.8 Å². The molecule has 0 aliphatic carbocycles. The van der Waals surface area contributed by atoms with Gasteiger partial charge >= 0.3 is 0 Å². The first-order chi connectivity index (χ1) is 7.59. The lowest BCUT2D eigenvalue weighted by molar-refractivity contribution is 0.507. The van der Waals surface area contributed by atoms with Crippen LogP contribution in [-0.2, 0) is 0 Å². The van der Waals surface area contributed by atoms with Gasteiger partial charge in [-0.25, -0.2) is 13.8 Å². The molecule has 1 heterocycles. The van der Waals surface area contributed by atoms with Gasteiger partial charge in [0.15, 0.2) is 11.6 Å². The molecule has 1 unspecified atom stereocenters. The molecule has 16 heavy (non-hydrogen) atoms. The van der Waals surface area contributed by atoms with Crippen LogP contribution in [0.15, 0.2) is 30.7 Å². The Morgan fingerprint density at radius 1 is 1.31 bits per heavy atom. The highest BCUT2D eigenvalue weighted by Crippen LogP contribution is 2.17. The summed E-state index contributed by atoms with van der Waals surface area (Å²) in [5.41, 5.74) is 6.98. The minimum Gasteiger partial charge on any atom is -0.323 e. The second kappa shape index (κ2) is 4.02. The summed E-state index contributed by atoms with van der Waals surface area (Å²) in [7, 11) is 0. The summed E-state index contributed by atoms with van der Waals surface area (Å²) in [6.45, 7) is 1.80. The number of hydrogen-bond acceptors (Lipinski definition) is 2. The van der Waals surface area contributed by atoms with Crippen molar-refractivity contribution in [2.24, 2.45) is 5.73 Å². The van der Waals surface area contributed by atoms with Gasteiger partial charge in [-0.15, -0.1) is 0 Å². The molecule has 84 valence electrons. The standard InChI is InChI=1S/C11H11F2N3/c1-7(14)11-5-15-6-16(11)8-2-3-9(12)10(13)4-8/h2-7H,14H2,1H3. The van der Waals surface area contributed by atoms with Crippen molar-refractivity contribution in [3.63, 3.8) is 0 Å². The van der Waals surface area contributed by atoms with E-state index in [0.29, 0.717) is 5.69 Å². The number of imidazole rings is 1. The fourth-order valence-corrected chi connectivity index (χ4v) is 1.49. The van der Waals surface area contributed by atoms with Gasteiger partial charge in [0.05, 0.1) is 18.2 Å². The van der Waals surface area contributed by atoms with E-state index in [1.165, 1.54) is 12.4 Å². The molecule has 2 N–H and O–H groups in total. The maximum atomic E-state index is 13.1. The Hall–Kier alpha value is -1.75. The Balaban J connectivity index is 2.50. The molecule has 0 radical (unpaired) electrons. The van der Waals surface area contributed by atoms with Crippen LogP contribution < -0.4 is 5.73 Å². The normalized spacial score (nSPS) is 12.8. The maximum absolute atomic E-state index is 13.1. The maximum Gasteiger partial charge on any atom is 0.160 e. The molecule has 5 heteroatoms. The number of nitrogens with two attached hydrogens (primary N) is 1. The predicted octanol–water partition coefficient (Wildman–Crippen LogP) is 2.17. The first-order valence-corrected chi connectivity index (χ1v) is 4.83. The Bertz CT molecular complexity index is 506. The van der Waals surface area contributed by atoms with Crippen LogP contribution >= 0.6 is 0 Å². The van der Waals surface area contributed by atoms with Crippen molar-refractivity contribution in [3.05, 3.63) is 48.1 Å². The summed E-state index contributed by atoms with van der Waals surface area (Å²) in [4.78, 5) is 3.94. The van der Waals surface area contributed by atoms with Crippen LogP contribution in [0.3, 0.4) is 0 Å². The van der Waals surface area contributed by atoms with Gasteiger partial charge < -0.3 is 10.3 Å². The van der Waals surface area contributed by atoms with E-state index in [2.05, 4.69) is 4.98 Å². The quantitative estimate of drug-likeness (QED) is 0.847. The highest BCUT2D eigenvalue weighted by molar-refractivity contribution is 5.35. The second-order valence-electron chi connectivity index (χ2n) is 3.58. The van der Waals surface area contributed by atoms with E-state index in [0.717, 1.165) is 17.8 Å². The molecule has 0 fully saturated rings. The summed E-state index contributed by atoms with van der Waals surface area (Å²) in [5, 5.41) is 0. The largest absolute Gasteiger partial charge is 0.323 e. The Morgan fingerprint density at radius 2 is 2.06 bits per heavy atom. The fourth-order valence-electron chi connectivity index (χ4n) is 1.49. The fraction of sp³-hybridized carbons (Fsp3) is 0.182. The van der Waals surface area contributed by atoms with Crippen LogP contribution in [-0.4, -0.2) is 9.55 Å². The zero-order chi connectivity index (χ0) is 11.7. The molecule has 0 bridgehead atoms. The monoisotopic (exact) mass is 223 g/mol. The molecule has 0 spiro atoms. The predicted molar refractivity (Wildman–Crippen MR) is 56.1 cm³/mol. The molecule has 1 aromatic carbocycles. The summed E-state index contributed by atoms with van der Waals surface area (Å²) in [6, 6.07) is 3.44. The Morgan fingerprint density at radius 3 is 2.69 bits per heavy atom. The third-order valence-corrected chi connectivity index (χ3v) is 2.31. The molecule has 2 aromatic rings. The van der Waals surface area contributed by atoms with Gasteiger partial charge in [-0.1, -0.05) is 0 Å². The molecule has 0 saturated carbocycles. The second-order valence-corrected chi connectivity index (χ2v) is 3.58. The Kier molecular flexibility index (Phi) is 2.70. The molecule has 0 aliphatic heterocycles. The van der Waals surface area contributed by atoms with E-state index < -0.39 is 11.6 Å². The molecule has 1 aromatic heterocycles. The van der Waals surface area contributed by atoms with Gasteiger partial charge in [0, 0.05) is 17.8 Å². The molecule has 1 atom stereocenters. The number of aromatic nitrogens is 2. The number of hydrogen-bond donors (Lipinski definition) is 1. The van der Waals surface area contributed by atoms with Crippen molar-refractivity contribution in [1.82, 2.24) is 9.55 Å². The van der Waals surface area contributed by atoms with Gasteiger partial charge in [0.1, 0.15) is 0 Å². The molecule has 3 nitrogen and oxygen atoms in total. The SMILES string of the molecule is CC(N)c1cncn1-c1ccc(F)c(F)c1. The smallest absolute Gasteiger partial charge is 0.160 e. The van der Waals surface area contributed by atoms with E-state index in [-0.39, 0.29) is 6.04 Å². The minimum absolute atomic E-state index is 0.226. The van der Waals surface area contributed by atoms with E-state index in [1.807, 2.05) is 0 Å². The molecule has 2 rings (SSSR count). The third kappa shape index (κ3) is 1.81. The highest BCUT2D eigenvalue weighted by atomic mass is 19.2. The molecular weight excluding hydrogens is 212 g/mol. The number of halogens is 2. The number of nitrogens with zero attached hydrogens (tertiary/aromatic N) is 2. The summed E-state index contributed by atoms with van der Waals surface area (Å²) in [5.74, 6) is -1.76. The zero-order valence-electron chi connectivity index (χ0n) is 8.69. The summed E-state index contributed by atoms with van der Waals surface area (Å²) < 4.78 is 27.5. The van der Waals surface area contributed by atoms with Crippen molar-refractivity contribution in [2.75, 3.05) is 0 Å². The van der Waals surface area contributed by atoms with Crippen LogP contribution in [0.2, 0.25) is 0 Å². The van der Waals surface area contributed by atoms with Crippen molar-refractivity contribution < 1.29 is 8.78 Å². The third-order valence-electron chi connectivity index (χ3n) is 2.31. The lowest BCUT2D eigenvalue weighted by atomic mass is 10.2. The van der Waals surface area contributed by atoms with Gasteiger partial charge in [-0.3, -0.25) is 0 Å². The van der Waals surface area contributed by atoms with Crippen LogP contribution in [0.5, 0.6) is 0 Å². The zero-order valence-corrected chi connectivity index (χ0v) is 8.69. The summed E-state index contributed by atoms with van der Waals surface area (Å²) >= 11 is 0. The average molecular weight is 223 g/mol. The molecule has 0 aliphatic rings. The number of benzene rings is 1. The lowest BCUT2D eigenvalue weighted by Gasteiger charge is -2.10. The van der Waals surface area contributed by atoms with Crippen LogP contribution in [0.25, 0.3) is 5.69 Å². The molecular formula is C11H11F2N3. The van der Waals surface area contributed by atoms with E-state index >= 15 is 0 Å². The molecule has 0 saturated heterocycles. The van der Waals surface area contributed by atoms with Crippen LogP contribution in [0, 0.1) is 11.6 Å². The number of rotatable bonds is 2.